The summed E-state index contributed by atoms with van der Waals surface area (Å²) >= 11 is 0. The van der Waals surface area contributed by atoms with E-state index in [2.05, 4.69) is 0 Å². The third-order valence-electron chi connectivity index (χ3n) is 2.81. The fraction of sp³-hybridized carbons (Fsp3) is 0.600. The lowest BCUT2D eigenvalue weighted by Gasteiger charge is -1.96. The van der Waals surface area contributed by atoms with E-state index >= 15 is 0 Å². The Kier molecular flexibility index (Phi) is 2.28. The highest BCUT2D eigenvalue weighted by molar-refractivity contribution is 5.78. The number of aldehydes is 1. The molecule has 3 nitrogen and oxygen atoms in total. The van der Waals surface area contributed by atoms with Gasteiger partial charge < -0.3 is 5.11 Å². The molecule has 0 aliphatic heterocycles. The van der Waals surface area contributed by atoms with Crippen LogP contribution in [-0.2, 0) is 9.59 Å². The van der Waals surface area contributed by atoms with Crippen LogP contribution in [0.15, 0.2) is 11.6 Å². The molecule has 0 bridgehead atoms. The summed E-state index contributed by atoms with van der Waals surface area (Å²) in [5.41, 5.74) is 0.414. The second-order valence-corrected chi connectivity index (χ2v) is 4.19. The zero-order valence-corrected chi connectivity index (χ0v) is 8.07. The number of carboxylic acids is 1. The summed E-state index contributed by atoms with van der Waals surface area (Å²) in [6.45, 7) is 5.51. The van der Waals surface area contributed by atoms with E-state index < -0.39 is 5.97 Å². The molecule has 1 saturated carbocycles. The van der Waals surface area contributed by atoms with Crippen LogP contribution < -0.4 is 0 Å². The van der Waals surface area contributed by atoms with Gasteiger partial charge in [-0.3, -0.25) is 9.59 Å². The number of carbonyl (C=O) groups is 2. The number of allylic oxidation sites excluding steroid dienone is 2. The second-order valence-electron chi connectivity index (χ2n) is 4.19. The van der Waals surface area contributed by atoms with Crippen LogP contribution in [0.2, 0.25) is 0 Å². The zero-order chi connectivity index (χ0) is 10.2. The maximum absolute atomic E-state index is 10.7. The molecule has 0 aromatic heterocycles. The molecule has 1 N–H and O–H groups in total. The van der Waals surface area contributed by atoms with E-state index in [0.29, 0.717) is 5.57 Å². The average Bonchev–Trinajstić information content (AvgIpc) is 2.53. The van der Waals surface area contributed by atoms with Gasteiger partial charge in [-0.25, -0.2) is 0 Å². The van der Waals surface area contributed by atoms with Gasteiger partial charge in [0.25, 0.3) is 0 Å². The van der Waals surface area contributed by atoms with Crippen molar-refractivity contribution in [3.63, 3.8) is 0 Å². The maximum Gasteiger partial charge on any atom is 0.307 e. The summed E-state index contributed by atoms with van der Waals surface area (Å²) in [5.74, 6) is -1.09. The van der Waals surface area contributed by atoms with Gasteiger partial charge in [-0.15, -0.1) is 0 Å². The van der Waals surface area contributed by atoms with E-state index in [1.165, 1.54) is 0 Å². The summed E-state index contributed by atoms with van der Waals surface area (Å²) in [5, 5.41) is 8.83. The standard InChI is InChI=1S/C10H14O3/c1-6(5-11)4-7-8(9(12)13)10(7,2)3/h4-5,7-8H,1-3H3,(H,12,13)/t7?,8-/m0/s1. The number of carboxylic acid groups (broad SMARTS) is 1. The molecule has 13 heavy (non-hydrogen) atoms. The summed E-state index contributed by atoms with van der Waals surface area (Å²) < 4.78 is 0. The lowest BCUT2D eigenvalue weighted by Crippen LogP contribution is -2.03. The lowest BCUT2D eigenvalue weighted by atomic mass is 10.1. The van der Waals surface area contributed by atoms with Crippen molar-refractivity contribution in [1.29, 1.82) is 0 Å². The SMILES string of the molecule is CC(C=O)=CC1[C@@H](C(=O)O)C1(C)C. The highest BCUT2D eigenvalue weighted by atomic mass is 16.4. The minimum atomic E-state index is -0.773. The number of carbonyl (C=O) groups excluding carboxylic acids is 1. The van der Waals surface area contributed by atoms with Crippen LogP contribution in [0, 0.1) is 17.3 Å². The Morgan fingerprint density at radius 3 is 2.31 bits per heavy atom. The van der Waals surface area contributed by atoms with E-state index in [4.69, 9.17) is 5.11 Å². The van der Waals surface area contributed by atoms with E-state index in [9.17, 15) is 9.59 Å². The Morgan fingerprint density at radius 1 is 1.46 bits per heavy atom. The summed E-state index contributed by atoms with van der Waals surface area (Å²) in [6.07, 6.45) is 2.51. The van der Waals surface area contributed by atoms with Gasteiger partial charge in [-0.1, -0.05) is 19.9 Å². The maximum atomic E-state index is 10.7. The van der Waals surface area contributed by atoms with Crippen molar-refractivity contribution in [2.45, 2.75) is 20.8 Å². The molecule has 72 valence electrons. The zero-order valence-electron chi connectivity index (χ0n) is 8.07. The Balaban J connectivity index is 2.77. The van der Waals surface area contributed by atoms with Gasteiger partial charge in [-0.05, 0) is 23.8 Å². The summed E-state index contributed by atoms with van der Waals surface area (Å²) in [4.78, 5) is 21.1. The molecule has 0 saturated heterocycles. The topological polar surface area (TPSA) is 54.4 Å². The van der Waals surface area contributed by atoms with Crippen molar-refractivity contribution in [3.05, 3.63) is 11.6 Å². The molecular formula is C10H14O3. The minimum Gasteiger partial charge on any atom is -0.481 e. The first-order valence-electron chi connectivity index (χ1n) is 4.27. The molecule has 0 spiro atoms. The van der Waals surface area contributed by atoms with Gasteiger partial charge >= 0.3 is 5.97 Å². The summed E-state index contributed by atoms with van der Waals surface area (Å²) in [6, 6.07) is 0. The molecular weight excluding hydrogens is 168 g/mol. The van der Waals surface area contributed by atoms with Crippen LogP contribution in [0.4, 0.5) is 0 Å². The van der Waals surface area contributed by atoms with Gasteiger partial charge in [0.05, 0.1) is 5.92 Å². The van der Waals surface area contributed by atoms with Gasteiger partial charge in [0, 0.05) is 0 Å². The molecule has 1 aliphatic carbocycles. The normalized spacial score (nSPS) is 31.2. The number of aliphatic carboxylic acids is 1. The first-order valence-corrected chi connectivity index (χ1v) is 4.27. The van der Waals surface area contributed by atoms with Gasteiger partial charge in [0.2, 0.25) is 0 Å². The Bertz CT molecular complexity index is 276. The molecule has 0 amide bonds. The van der Waals surface area contributed by atoms with Crippen molar-refractivity contribution in [1.82, 2.24) is 0 Å². The molecule has 0 aromatic carbocycles. The van der Waals surface area contributed by atoms with Crippen LogP contribution in [0.25, 0.3) is 0 Å². The van der Waals surface area contributed by atoms with E-state index in [-0.39, 0.29) is 17.3 Å². The molecule has 1 rings (SSSR count). The van der Waals surface area contributed by atoms with Gasteiger partial charge in [0.1, 0.15) is 6.29 Å². The fourth-order valence-electron chi connectivity index (χ4n) is 1.78. The van der Waals surface area contributed by atoms with E-state index in [1.807, 2.05) is 13.8 Å². The van der Waals surface area contributed by atoms with Gasteiger partial charge in [-0.2, -0.15) is 0 Å². The smallest absolute Gasteiger partial charge is 0.307 e. The number of hydrogen-bond donors (Lipinski definition) is 1. The Morgan fingerprint density at radius 2 is 2.00 bits per heavy atom. The van der Waals surface area contributed by atoms with Crippen molar-refractivity contribution in [3.8, 4) is 0 Å². The highest BCUT2D eigenvalue weighted by Crippen LogP contribution is 2.59. The molecule has 0 radical (unpaired) electrons. The third kappa shape index (κ3) is 1.64. The van der Waals surface area contributed by atoms with Crippen LogP contribution in [0.1, 0.15) is 20.8 Å². The van der Waals surface area contributed by atoms with E-state index in [0.717, 1.165) is 6.29 Å². The first kappa shape index (κ1) is 9.96. The van der Waals surface area contributed by atoms with Crippen molar-refractivity contribution >= 4 is 12.3 Å². The number of hydrogen-bond acceptors (Lipinski definition) is 2. The largest absolute Gasteiger partial charge is 0.481 e. The quantitative estimate of drug-likeness (QED) is 0.531. The average molecular weight is 182 g/mol. The van der Waals surface area contributed by atoms with Crippen LogP contribution in [0.3, 0.4) is 0 Å². The number of rotatable bonds is 3. The van der Waals surface area contributed by atoms with Crippen molar-refractivity contribution in [2.75, 3.05) is 0 Å². The monoisotopic (exact) mass is 182 g/mol. The predicted molar refractivity (Wildman–Crippen MR) is 48.2 cm³/mol. The molecule has 2 atom stereocenters. The third-order valence-corrected chi connectivity index (χ3v) is 2.81. The van der Waals surface area contributed by atoms with E-state index in [1.54, 1.807) is 13.0 Å². The van der Waals surface area contributed by atoms with Crippen molar-refractivity contribution in [2.24, 2.45) is 17.3 Å². The van der Waals surface area contributed by atoms with Crippen LogP contribution >= 0.6 is 0 Å². The predicted octanol–water partition coefficient (Wildman–Crippen LogP) is 1.49. The minimum absolute atomic E-state index is 0.00944. The van der Waals surface area contributed by atoms with Crippen LogP contribution in [0.5, 0.6) is 0 Å². The Hall–Kier alpha value is -1.12. The second kappa shape index (κ2) is 2.98. The molecule has 3 heteroatoms. The molecule has 1 fully saturated rings. The van der Waals surface area contributed by atoms with Crippen molar-refractivity contribution < 1.29 is 14.7 Å². The fourth-order valence-corrected chi connectivity index (χ4v) is 1.78. The molecule has 0 aromatic rings. The highest BCUT2D eigenvalue weighted by Gasteiger charge is 2.60. The lowest BCUT2D eigenvalue weighted by molar-refractivity contribution is -0.139. The van der Waals surface area contributed by atoms with Crippen LogP contribution in [-0.4, -0.2) is 17.4 Å². The molecule has 1 aliphatic rings. The molecule has 1 unspecified atom stereocenters. The Labute approximate surface area is 77.4 Å². The summed E-state index contributed by atoms with van der Waals surface area (Å²) in [7, 11) is 0. The molecule has 0 heterocycles. The first-order chi connectivity index (χ1) is 5.91. The van der Waals surface area contributed by atoms with Gasteiger partial charge in [0.15, 0.2) is 0 Å².